The van der Waals surface area contributed by atoms with Crippen LogP contribution >= 0.6 is 11.3 Å². The van der Waals surface area contributed by atoms with E-state index in [2.05, 4.69) is 9.82 Å². The van der Waals surface area contributed by atoms with Crippen molar-refractivity contribution in [3.8, 4) is 5.88 Å². The van der Waals surface area contributed by atoms with Crippen LogP contribution in [-0.2, 0) is 0 Å². The minimum atomic E-state index is -0.588. The number of imidazole rings is 1. The van der Waals surface area contributed by atoms with Gasteiger partial charge in [-0.3, -0.25) is 0 Å². The van der Waals surface area contributed by atoms with E-state index in [1.807, 2.05) is 0 Å². The molecule has 2 N–H and O–H groups in total. The second-order valence-corrected chi connectivity index (χ2v) is 3.04. The lowest BCUT2D eigenvalue weighted by atomic mass is 10.7. The highest BCUT2D eigenvalue weighted by atomic mass is 32.1. The zero-order chi connectivity index (χ0) is 9.42. The molecule has 8 heteroatoms. The average molecular weight is 200 g/mol. The minimum Gasteiger partial charge on any atom is -0.382 e. The van der Waals surface area contributed by atoms with Crippen molar-refractivity contribution in [1.82, 2.24) is 9.38 Å². The highest BCUT2D eigenvalue weighted by Gasteiger charge is 2.24. The van der Waals surface area contributed by atoms with Gasteiger partial charge in [-0.15, -0.1) is 0 Å². The van der Waals surface area contributed by atoms with Crippen molar-refractivity contribution >= 4 is 22.1 Å². The monoisotopic (exact) mass is 200 g/mol. The zero-order valence-electron chi connectivity index (χ0n) is 6.21. The average Bonchev–Trinajstić information content (AvgIpc) is 2.59. The predicted octanol–water partition coefficient (Wildman–Crippen LogP) is 0.556. The third-order valence-electron chi connectivity index (χ3n) is 1.49. The van der Waals surface area contributed by atoms with Crippen LogP contribution in [0.2, 0.25) is 0 Å². The Hall–Kier alpha value is -1.67. The summed E-state index contributed by atoms with van der Waals surface area (Å²) < 4.78 is 1.31. The van der Waals surface area contributed by atoms with E-state index in [1.165, 1.54) is 21.9 Å². The summed E-state index contributed by atoms with van der Waals surface area (Å²) in [5, 5.41) is 12.3. The maximum Gasteiger partial charge on any atom is 0.395 e. The molecule has 13 heavy (non-hydrogen) atoms. The normalized spacial score (nSPS) is 10.5. The number of nitrogens with zero attached hydrogens (tertiary/aromatic N) is 3. The Bertz CT molecular complexity index is 461. The van der Waals surface area contributed by atoms with Crippen molar-refractivity contribution in [2.24, 2.45) is 5.90 Å². The van der Waals surface area contributed by atoms with Gasteiger partial charge >= 0.3 is 11.7 Å². The Morgan fingerprint density at radius 1 is 1.77 bits per heavy atom. The number of hydrogen-bond acceptors (Lipinski definition) is 6. The summed E-state index contributed by atoms with van der Waals surface area (Å²) in [6, 6.07) is 0. The van der Waals surface area contributed by atoms with Gasteiger partial charge in [0.1, 0.15) is 6.20 Å². The Balaban J connectivity index is 2.77. The van der Waals surface area contributed by atoms with Gasteiger partial charge in [-0.25, -0.2) is 0 Å². The van der Waals surface area contributed by atoms with Gasteiger partial charge in [0.2, 0.25) is 0 Å². The van der Waals surface area contributed by atoms with Crippen LogP contribution in [0.5, 0.6) is 5.88 Å². The summed E-state index contributed by atoms with van der Waals surface area (Å²) in [5.74, 6) is 4.42. The minimum absolute atomic E-state index is 0.170. The van der Waals surface area contributed by atoms with Crippen molar-refractivity contribution in [2.75, 3.05) is 0 Å². The van der Waals surface area contributed by atoms with Gasteiger partial charge in [-0.05, 0) is 4.92 Å². The van der Waals surface area contributed by atoms with Gasteiger partial charge in [-0.2, -0.15) is 15.3 Å². The first-order valence-corrected chi connectivity index (χ1v) is 4.08. The summed E-state index contributed by atoms with van der Waals surface area (Å²) in [6.45, 7) is 0. The molecule has 0 aliphatic heterocycles. The van der Waals surface area contributed by atoms with E-state index in [4.69, 9.17) is 5.90 Å². The highest BCUT2D eigenvalue weighted by molar-refractivity contribution is 7.15. The maximum absolute atomic E-state index is 10.6. The van der Waals surface area contributed by atoms with E-state index in [0.29, 0.717) is 4.96 Å². The predicted molar refractivity (Wildman–Crippen MR) is 44.5 cm³/mol. The fourth-order valence-corrected chi connectivity index (χ4v) is 1.70. The summed E-state index contributed by atoms with van der Waals surface area (Å²) in [5.41, 5.74) is 0. The van der Waals surface area contributed by atoms with Gasteiger partial charge in [0.25, 0.3) is 4.96 Å². The van der Waals surface area contributed by atoms with Crippen LogP contribution in [0.4, 0.5) is 5.82 Å². The molecule has 0 amide bonds. The van der Waals surface area contributed by atoms with Gasteiger partial charge in [-0.1, -0.05) is 11.3 Å². The standard InChI is InChI=1S/C5H4N4O3S/c6-12-3-4(9(10)11)8-1-2-13-5(8)7-3/h1-2H,6H2. The Kier molecular flexibility index (Phi) is 1.64. The molecule has 0 aliphatic rings. The maximum atomic E-state index is 10.6. The number of thiazole rings is 1. The number of hydrogen-bond donors (Lipinski definition) is 1. The van der Waals surface area contributed by atoms with E-state index in [-0.39, 0.29) is 11.7 Å². The van der Waals surface area contributed by atoms with Crippen LogP contribution in [0.25, 0.3) is 4.96 Å². The second-order valence-electron chi connectivity index (χ2n) is 2.17. The Morgan fingerprint density at radius 2 is 2.54 bits per heavy atom. The third-order valence-corrected chi connectivity index (χ3v) is 2.25. The van der Waals surface area contributed by atoms with Gasteiger partial charge in [0.05, 0.1) is 0 Å². The number of nitro groups is 1. The Labute approximate surface area is 75.5 Å². The largest absolute Gasteiger partial charge is 0.395 e. The van der Waals surface area contributed by atoms with E-state index < -0.39 is 4.92 Å². The quantitative estimate of drug-likeness (QED) is 0.564. The van der Waals surface area contributed by atoms with E-state index >= 15 is 0 Å². The summed E-state index contributed by atoms with van der Waals surface area (Å²) >= 11 is 1.27. The lowest BCUT2D eigenvalue weighted by Gasteiger charge is -1.93. The van der Waals surface area contributed by atoms with Gasteiger partial charge in [0, 0.05) is 5.38 Å². The number of nitrogens with two attached hydrogens (primary N) is 1. The molecule has 0 fully saturated rings. The molecular weight excluding hydrogens is 196 g/mol. The smallest absolute Gasteiger partial charge is 0.382 e. The number of fused-ring (bicyclic) bond motifs is 1. The van der Waals surface area contributed by atoms with Gasteiger partial charge < -0.3 is 15.0 Å². The molecule has 0 spiro atoms. The second kappa shape index (κ2) is 2.68. The molecule has 2 aromatic heterocycles. The molecule has 0 radical (unpaired) electrons. The number of aromatic nitrogens is 2. The van der Waals surface area contributed by atoms with Crippen LogP contribution in [0, 0.1) is 10.1 Å². The Morgan fingerprint density at radius 3 is 3.15 bits per heavy atom. The van der Waals surface area contributed by atoms with Crippen LogP contribution in [0.3, 0.4) is 0 Å². The molecule has 0 unspecified atom stereocenters. The van der Waals surface area contributed by atoms with Crippen molar-refractivity contribution in [2.45, 2.75) is 0 Å². The van der Waals surface area contributed by atoms with Gasteiger partial charge in [0.15, 0.2) is 0 Å². The molecule has 0 saturated carbocycles. The van der Waals surface area contributed by atoms with Crippen molar-refractivity contribution in [3.63, 3.8) is 0 Å². The SMILES string of the molecule is NOc1nc2sccn2c1[N+](=O)[O-]. The fourth-order valence-electron chi connectivity index (χ4n) is 0.999. The molecule has 0 aliphatic carbocycles. The molecule has 2 rings (SSSR count). The van der Waals surface area contributed by atoms with Crippen LogP contribution in [-0.4, -0.2) is 14.3 Å². The summed E-state index contributed by atoms with van der Waals surface area (Å²) in [6.07, 6.45) is 1.54. The lowest BCUT2D eigenvalue weighted by Crippen LogP contribution is -2.04. The molecule has 0 bridgehead atoms. The van der Waals surface area contributed by atoms with Crippen molar-refractivity contribution < 1.29 is 9.76 Å². The number of rotatable bonds is 2. The van der Waals surface area contributed by atoms with Crippen LogP contribution in [0.15, 0.2) is 11.6 Å². The molecule has 2 heterocycles. The molecule has 68 valence electrons. The van der Waals surface area contributed by atoms with E-state index in [0.717, 1.165) is 0 Å². The van der Waals surface area contributed by atoms with E-state index in [9.17, 15) is 10.1 Å². The lowest BCUT2D eigenvalue weighted by molar-refractivity contribution is -0.391. The fraction of sp³-hybridized carbons (Fsp3) is 0. The molecule has 0 atom stereocenters. The third kappa shape index (κ3) is 1.03. The first-order chi connectivity index (χ1) is 6.24. The van der Waals surface area contributed by atoms with E-state index in [1.54, 1.807) is 5.38 Å². The zero-order valence-corrected chi connectivity index (χ0v) is 7.02. The molecule has 7 nitrogen and oxygen atoms in total. The molecular formula is C5H4N4O3S. The molecule has 0 aromatic carbocycles. The highest BCUT2D eigenvalue weighted by Crippen LogP contribution is 2.28. The molecule has 0 saturated heterocycles. The van der Waals surface area contributed by atoms with Crippen molar-refractivity contribution in [3.05, 3.63) is 21.7 Å². The summed E-state index contributed by atoms with van der Waals surface area (Å²) in [4.78, 5) is 18.5. The summed E-state index contributed by atoms with van der Waals surface area (Å²) in [7, 11) is 0. The molecule has 2 aromatic rings. The topological polar surface area (TPSA) is 95.7 Å². The van der Waals surface area contributed by atoms with Crippen LogP contribution < -0.4 is 10.7 Å². The first kappa shape index (κ1) is 7.95. The van der Waals surface area contributed by atoms with Crippen molar-refractivity contribution in [1.29, 1.82) is 0 Å². The first-order valence-electron chi connectivity index (χ1n) is 3.20. The van der Waals surface area contributed by atoms with Crippen LogP contribution in [0.1, 0.15) is 0 Å².